The Labute approximate surface area is 78.1 Å². The Morgan fingerprint density at radius 1 is 1.62 bits per heavy atom. The quantitative estimate of drug-likeness (QED) is 0.633. The number of nitrogens with zero attached hydrogens (tertiary/aromatic N) is 1. The molecule has 0 saturated carbocycles. The van der Waals surface area contributed by atoms with Gasteiger partial charge in [-0.2, -0.15) is 0 Å². The second-order valence-corrected chi connectivity index (χ2v) is 3.50. The summed E-state index contributed by atoms with van der Waals surface area (Å²) in [5, 5.41) is 0. The van der Waals surface area contributed by atoms with Crippen molar-refractivity contribution >= 4 is 11.8 Å². The van der Waals surface area contributed by atoms with Crippen molar-refractivity contribution in [3.05, 3.63) is 0 Å². The van der Waals surface area contributed by atoms with Gasteiger partial charge in [0.15, 0.2) is 0 Å². The fourth-order valence-electron chi connectivity index (χ4n) is 1.65. The highest BCUT2D eigenvalue weighted by atomic mass is 16.2. The first-order chi connectivity index (χ1) is 6.11. The highest BCUT2D eigenvalue weighted by Crippen LogP contribution is 2.21. The van der Waals surface area contributed by atoms with Crippen molar-refractivity contribution in [2.45, 2.75) is 32.7 Å². The molecule has 2 amide bonds. The molecule has 13 heavy (non-hydrogen) atoms. The zero-order valence-electron chi connectivity index (χ0n) is 8.12. The first kappa shape index (κ1) is 10.2. The fraction of sp³-hybridized carbons (Fsp3) is 0.778. The van der Waals surface area contributed by atoms with Crippen molar-refractivity contribution in [2.75, 3.05) is 6.54 Å². The lowest BCUT2D eigenvalue weighted by Crippen LogP contribution is -2.44. The first-order valence-electron chi connectivity index (χ1n) is 4.67. The molecular weight excluding hydrogens is 168 g/mol. The smallest absolute Gasteiger partial charge is 0.232 e. The number of imide groups is 1. The van der Waals surface area contributed by atoms with Gasteiger partial charge in [0, 0.05) is 18.9 Å². The standard InChI is InChI=1S/C9H16N2O2/c1-3-7(5-10)11-8(12)4-6(2)9(11)13/h6-7H,3-5,10H2,1-2H3. The third-order valence-corrected chi connectivity index (χ3v) is 2.52. The van der Waals surface area contributed by atoms with Crippen molar-refractivity contribution in [2.24, 2.45) is 11.7 Å². The number of carbonyl (C=O) groups is 2. The summed E-state index contributed by atoms with van der Waals surface area (Å²) in [5.74, 6) is -0.301. The molecule has 1 aliphatic rings. The molecule has 1 fully saturated rings. The number of rotatable bonds is 3. The summed E-state index contributed by atoms with van der Waals surface area (Å²) >= 11 is 0. The largest absolute Gasteiger partial charge is 0.328 e. The van der Waals surface area contributed by atoms with Crippen LogP contribution < -0.4 is 5.73 Å². The van der Waals surface area contributed by atoms with Gasteiger partial charge in [0.2, 0.25) is 11.8 Å². The maximum Gasteiger partial charge on any atom is 0.232 e. The molecule has 1 rings (SSSR count). The van der Waals surface area contributed by atoms with E-state index >= 15 is 0 Å². The van der Waals surface area contributed by atoms with Gasteiger partial charge < -0.3 is 5.73 Å². The molecule has 2 atom stereocenters. The second-order valence-electron chi connectivity index (χ2n) is 3.50. The summed E-state index contributed by atoms with van der Waals surface area (Å²) in [4.78, 5) is 24.3. The highest BCUT2D eigenvalue weighted by Gasteiger charge is 2.38. The van der Waals surface area contributed by atoms with E-state index in [-0.39, 0.29) is 23.8 Å². The van der Waals surface area contributed by atoms with Crippen molar-refractivity contribution in [3.8, 4) is 0 Å². The van der Waals surface area contributed by atoms with Crippen LogP contribution in [0.15, 0.2) is 0 Å². The Kier molecular flexibility index (Phi) is 3.03. The van der Waals surface area contributed by atoms with Crippen LogP contribution in [-0.4, -0.2) is 29.3 Å². The summed E-state index contributed by atoms with van der Waals surface area (Å²) in [6.07, 6.45) is 1.08. The van der Waals surface area contributed by atoms with Gasteiger partial charge in [-0.3, -0.25) is 14.5 Å². The average Bonchev–Trinajstić information content (AvgIpc) is 2.34. The van der Waals surface area contributed by atoms with Crippen LogP contribution in [0.3, 0.4) is 0 Å². The second kappa shape index (κ2) is 3.87. The first-order valence-corrected chi connectivity index (χ1v) is 4.67. The van der Waals surface area contributed by atoms with Gasteiger partial charge in [0.05, 0.1) is 6.04 Å². The van der Waals surface area contributed by atoms with Crippen molar-refractivity contribution in [1.29, 1.82) is 0 Å². The zero-order valence-corrected chi connectivity index (χ0v) is 8.12. The van der Waals surface area contributed by atoms with Gasteiger partial charge in [0.25, 0.3) is 0 Å². The van der Waals surface area contributed by atoms with Crippen LogP contribution in [-0.2, 0) is 9.59 Å². The molecule has 4 nitrogen and oxygen atoms in total. The minimum absolute atomic E-state index is 0.0673. The highest BCUT2D eigenvalue weighted by molar-refractivity contribution is 6.03. The molecule has 2 N–H and O–H groups in total. The summed E-state index contributed by atoms with van der Waals surface area (Å²) in [7, 11) is 0. The van der Waals surface area contributed by atoms with Crippen LogP contribution in [0.5, 0.6) is 0 Å². The third kappa shape index (κ3) is 1.72. The van der Waals surface area contributed by atoms with Crippen LogP contribution in [0, 0.1) is 5.92 Å². The van der Waals surface area contributed by atoms with Gasteiger partial charge in [-0.25, -0.2) is 0 Å². The maximum atomic E-state index is 11.5. The van der Waals surface area contributed by atoms with E-state index in [1.807, 2.05) is 6.92 Å². The molecule has 1 aliphatic heterocycles. The van der Waals surface area contributed by atoms with Crippen molar-refractivity contribution in [3.63, 3.8) is 0 Å². The molecule has 0 aromatic heterocycles. The number of carbonyl (C=O) groups excluding carboxylic acids is 2. The van der Waals surface area contributed by atoms with Crippen molar-refractivity contribution < 1.29 is 9.59 Å². The molecule has 0 aromatic rings. The van der Waals surface area contributed by atoms with Crippen LogP contribution >= 0.6 is 0 Å². The van der Waals surface area contributed by atoms with E-state index in [1.54, 1.807) is 6.92 Å². The van der Waals surface area contributed by atoms with E-state index in [4.69, 9.17) is 5.73 Å². The van der Waals surface area contributed by atoms with Gasteiger partial charge >= 0.3 is 0 Å². The minimum Gasteiger partial charge on any atom is -0.328 e. The fourth-order valence-corrected chi connectivity index (χ4v) is 1.65. The van der Waals surface area contributed by atoms with E-state index in [2.05, 4.69) is 0 Å². The Morgan fingerprint density at radius 2 is 2.23 bits per heavy atom. The molecule has 2 unspecified atom stereocenters. The lowest BCUT2D eigenvalue weighted by molar-refractivity contribution is -0.141. The Hall–Kier alpha value is -0.900. The molecule has 0 bridgehead atoms. The molecule has 74 valence electrons. The van der Waals surface area contributed by atoms with E-state index in [0.29, 0.717) is 13.0 Å². The topological polar surface area (TPSA) is 63.4 Å². The van der Waals surface area contributed by atoms with Crippen LogP contribution in [0.25, 0.3) is 0 Å². The summed E-state index contributed by atoms with van der Waals surface area (Å²) in [6.45, 7) is 4.07. The minimum atomic E-state index is -0.159. The van der Waals surface area contributed by atoms with Gasteiger partial charge in [-0.1, -0.05) is 13.8 Å². The molecular formula is C9H16N2O2. The van der Waals surface area contributed by atoms with E-state index in [9.17, 15) is 9.59 Å². The third-order valence-electron chi connectivity index (χ3n) is 2.52. The number of likely N-dealkylation sites (tertiary alicyclic amines) is 1. The maximum absolute atomic E-state index is 11.5. The summed E-state index contributed by atoms with van der Waals surface area (Å²) in [5.41, 5.74) is 5.49. The Balaban J connectivity index is 2.78. The molecule has 1 heterocycles. The predicted octanol–water partition coefficient (Wildman–Crippen LogP) is 0.119. The lowest BCUT2D eigenvalue weighted by Gasteiger charge is -2.23. The van der Waals surface area contributed by atoms with E-state index in [0.717, 1.165) is 6.42 Å². The van der Waals surface area contributed by atoms with Crippen LogP contribution in [0.2, 0.25) is 0 Å². The molecule has 0 radical (unpaired) electrons. The Bertz CT molecular complexity index is 224. The zero-order chi connectivity index (χ0) is 10.0. The lowest BCUT2D eigenvalue weighted by atomic mass is 10.1. The molecule has 4 heteroatoms. The summed E-state index contributed by atoms with van der Waals surface area (Å²) in [6, 6.07) is -0.107. The summed E-state index contributed by atoms with van der Waals surface area (Å²) < 4.78 is 0. The van der Waals surface area contributed by atoms with Crippen LogP contribution in [0.1, 0.15) is 26.7 Å². The molecule has 0 aromatic carbocycles. The number of hydrogen-bond donors (Lipinski definition) is 1. The number of nitrogens with two attached hydrogens (primary N) is 1. The SMILES string of the molecule is CCC(CN)N1C(=O)CC(C)C1=O. The molecule has 1 saturated heterocycles. The predicted molar refractivity (Wildman–Crippen MR) is 48.8 cm³/mol. The monoisotopic (exact) mass is 184 g/mol. The normalized spacial score (nSPS) is 25.5. The Morgan fingerprint density at radius 3 is 2.54 bits per heavy atom. The van der Waals surface area contributed by atoms with Gasteiger partial charge in [-0.15, -0.1) is 0 Å². The van der Waals surface area contributed by atoms with Gasteiger partial charge in [-0.05, 0) is 6.42 Å². The molecule has 0 aliphatic carbocycles. The van der Waals surface area contributed by atoms with Crippen LogP contribution in [0.4, 0.5) is 0 Å². The molecule has 0 spiro atoms. The average molecular weight is 184 g/mol. The van der Waals surface area contributed by atoms with Crippen molar-refractivity contribution in [1.82, 2.24) is 4.90 Å². The van der Waals surface area contributed by atoms with E-state index < -0.39 is 0 Å². The number of amides is 2. The van der Waals surface area contributed by atoms with Gasteiger partial charge in [0.1, 0.15) is 0 Å². The van der Waals surface area contributed by atoms with E-state index in [1.165, 1.54) is 4.90 Å². The number of hydrogen-bond acceptors (Lipinski definition) is 3.